The molecule has 1 aliphatic heterocycles. The zero-order chi connectivity index (χ0) is 14.3. The summed E-state index contributed by atoms with van der Waals surface area (Å²) in [5.74, 6) is 0.947. The Morgan fingerprint density at radius 1 is 1.00 bits per heavy atom. The van der Waals surface area contributed by atoms with E-state index in [0.29, 0.717) is 0 Å². The van der Waals surface area contributed by atoms with Gasteiger partial charge in [-0.2, -0.15) is 0 Å². The summed E-state index contributed by atoms with van der Waals surface area (Å²) >= 11 is 0. The summed E-state index contributed by atoms with van der Waals surface area (Å²) in [4.78, 5) is 19.9. The number of aromatic amines is 1. The van der Waals surface area contributed by atoms with Crippen molar-refractivity contribution in [1.29, 1.82) is 0 Å². The molecule has 0 bridgehead atoms. The molecule has 0 amide bonds. The van der Waals surface area contributed by atoms with Crippen LogP contribution in [0, 0.1) is 13.8 Å². The highest BCUT2D eigenvalue weighted by Crippen LogP contribution is 2.22. The zero-order valence-electron chi connectivity index (χ0n) is 12.4. The number of aryl methyl sites for hydroxylation is 2. The maximum absolute atomic E-state index is 12.3. The Morgan fingerprint density at radius 2 is 1.70 bits per heavy atom. The molecule has 20 heavy (non-hydrogen) atoms. The van der Waals surface area contributed by atoms with Gasteiger partial charge in [0.1, 0.15) is 5.82 Å². The number of piperazine rings is 1. The summed E-state index contributed by atoms with van der Waals surface area (Å²) in [6.07, 6.45) is 0. The van der Waals surface area contributed by atoms with E-state index < -0.39 is 0 Å². The summed E-state index contributed by atoms with van der Waals surface area (Å²) in [6, 6.07) is 6.22. The first-order chi connectivity index (χ1) is 9.54. The molecule has 0 atom stereocenters. The fourth-order valence-corrected chi connectivity index (χ4v) is 2.93. The van der Waals surface area contributed by atoms with Crippen molar-refractivity contribution in [3.8, 4) is 0 Å². The third kappa shape index (κ3) is 2.31. The first kappa shape index (κ1) is 13.2. The number of hydrogen-bond acceptors (Lipinski definition) is 3. The van der Waals surface area contributed by atoms with Gasteiger partial charge in [0.05, 0.1) is 0 Å². The van der Waals surface area contributed by atoms with Gasteiger partial charge in [-0.3, -0.25) is 4.79 Å². The van der Waals surface area contributed by atoms with Gasteiger partial charge < -0.3 is 14.8 Å². The van der Waals surface area contributed by atoms with E-state index in [0.717, 1.165) is 48.3 Å². The maximum Gasteiger partial charge on any atom is 0.257 e. The molecule has 2 heterocycles. The summed E-state index contributed by atoms with van der Waals surface area (Å²) < 4.78 is 0. The maximum atomic E-state index is 12.3. The zero-order valence-corrected chi connectivity index (χ0v) is 12.4. The van der Waals surface area contributed by atoms with Crippen molar-refractivity contribution in [3.63, 3.8) is 0 Å². The summed E-state index contributed by atoms with van der Waals surface area (Å²) in [7, 11) is 2.13. The Labute approximate surface area is 119 Å². The van der Waals surface area contributed by atoms with E-state index in [1.807, 2.05) is 13.0 Å². The van der Waals surface area contributed by atoms with E-state index in [-0.39, 0.29) is 5.56 Å². The van der Waals surface area contributed by atoms with Crippen LogP contribution in [-0.4, -0.2) is 43.1 Å². The quantitative estimate of drug-likeness (QED) is 0.861. The van der Waals surface area contributed by atoms with Crippen LogP contribution in [-0.2, 0) is 0 Å². The minimum Gasteiger partial charge on any atom is -0.356 e. The van der Waals surface area contributed by atoms with Gasteiger partial charge in [0.15, 0.2) is 0 Å². The number of likely N-dealkylation sites (N-methyl/N-ethyl adjacent to an activating group) is 1. The molecule has 1 aromatic heterocycles. The number of hydrogen-bond donors (Lipinski definition) is 1. The molecule has 2 aromatic rings. The molecule has 3 rings (SSSR count). The molecule has 106 valence electrons. The molecule has 0 aliphatic carbocycles. The van der Waals surface area contributed by atoms with Crippen molar-refractivity contribution in [2.24, 2.45) is 0 Å². The number of benzene rings is 1. The van der Waals surface area contributed by atoms with Crippen LogP contribution in [0.5, 0.6) is 0 Å². The first-order valence-electron chi connectivity index (χ1n) is 7.12. The number of fused-ring (bicyclic) bond motifs is 1. The molecule has 1 N–H and O–H groups in total. The molecular weight excluding hydrogens is 250 g/mol. The highest BCUT2D eigenvalue weighted by molar-refractivity contribution is 5.87. The van der Waals surface area contributed by atoms with Crippen molar-refractivity contribution in [3.05, 3.63) is 39.7 Å². The Hall–Kier alpha value is -1.81. The van der Waals surface area contributed by atoms with E-state index in [4.69, 9.17) is 0 Å². The smallest absolute Gasteiger partial charge is 0.257 e. The fourth-order valence-electron chi connectivity index (χ4n) is 2.93. The molecule has 0 radical (unpaired) electrons. The lowest BCUT2D eigenvalue weighted by Crippen LogP contribution is -2.45. The van der Waals surface area contributed by atoms with E-state index in [2.05, 4.69) is 40.9 Å². The van der Waals surface area contributed by atoms with Gasteiger partial charge in [-0.15, -0.1) is 0 Å². The van der Waals surface area contributed by atoms with E-state index >= 15 is 0 Å². The van der Waals surface area contributed by atoms with Crippen LogP contribution < -0.4 is 10.5 Å². The minimum absolute atomic E-state index is 0.0169. The molecule has 1 fully saturated rings. The number of anilines is 1. The average molecular weight is 271 g/mol. The van der Waals surface area contributed by atoms with E-state index in [1.165, 1.54) is 5.56 Å². The standard InChI is InChI=1S/C16H21N3O/c1-11-8-12(2)13-10-15(17-16(20)14(13)9-11)19-6-4-18(3)5-7-19/h8-10H,4-7H2,1-3H3,(H,17,20). The van der Waals surface area contributed by atoms with Crippen LogP contribution in [0.3, 0.4) is 0 Å². The van der Waals surface area contributed by atoms with Crippen molar-refractivity contribution in [2.75, 3.05) is 38.1 Å². The molecule has 1 aromatic carbocycles. The highest BCUT2D eigenvalue weighted by Gasteiger charge is 2.16. The van der Waals surface area contributed by atoms with Crippen LogP contribution in [0.1, 0.15) is 11.1 Å². The molecule has 1 aliphatic rings. The first-order valence-corrected chi connectivity index (χ1v) is 7.12. The van der Waals surface area contributed by atoms with Crippen LogP contribution in [0.4, 0.5) is 5.82 Å². The number of H-pyrrole nitrogens is 1. The van der Waals surface area contributed by atoms with Crippen LogP contribution >= 0.6 is 0 Å². The van der Waals surface area contributed by atoms with Gasteiger partial charge in [0.2, 0.25) is 0 Å². The largest absolute Gasteiger partial charge is 0.356 e. The van der Waals surface area contributed by atoms with Gasteiger partial charge in [-0.05, 0) is 44.0 Å². The van der Waals surface area contributed by atoms with Crippen LogP contribution in [0.2, 0.25) is 0 Å². The molecule has 0 saturated carbocycles. The second kappa shape index (κ2) is 4.94. The van der Waals surface area contributed by atoms with E-state index in [1.54, 1.807) is 0 Å². The predicted octanol–water partition coefficient (Wildman–Crippen LogP) is 1.90. The Morgan fingerprint density at radius 3 is 2.40 bits per heavy atom. The van der Waals surface area contributed by atoms with Gasteiger partial charge >= 0.3 is 0 Å². The third-order valence-corrected chi connectivity index (χ3v) is 4.14. The SMILES string of the molecule is Cc1cc(C)c2cc(N3CCN(C)CC3)[nH]c(=O)c2c1. The topological polar surface area (TPSA) is 39.3 Å². The van der Waals surface area contributed by atoms with Crippen molar-refractivity contribution >= 4 is 16.6 Å². The average Bonchev–Trinajstić information content (AvgIpc) is 2.40. The lowest BCUT2D eigenvalue weighted by Gasteiger charge is -2.33. The molecule has 4 nitrogen and oxygen atoms in total. The fraction of sp³-hybridized carbons (Fsp3) is 0.438. The van der Waals surface area contributed by atoms with Crippen molar-refractivity contribution in [2.45, 2.75) is 13.8 Å². The lowest BCUT2D eigenvalue weighted by molar-refractivity contribution is 0.312. The third-order valence-electron chi connectivity index (χ3n) is 4.14. The minimum atomic E-state index is 0.0169. The lowest BCUT2D eigenvalue weighted by atomic mass is 10.0. The number of nitrogens with zero attached hydrogens (tertiary/aromatic N) is 2. The van der Waals surface area contributed by atoms with Crippen molar-refractivity contribution in [1.82, 2.24) is 9.88 Å². The van der Waals surface area contributed by atoms with Gasteiger partial charge in [-0.25, -0.2) is 0 Å². The Kier molecular flexibility index (Phi) is 3.26. The molecule has 1 saturated heterocycles. The Bertz CT molecular complexity index is 697. The normalized spacial score (nSPS) is 16.9. The van der Waals surface area contributed by atoms with E-state index in [9.17, 15) is 4.79 Å². The summed E-state index contributed by atoms with van der Waals surface area (Å²) in [5, 5.41) is 1.86. The second-order valence-corrected chi connectivity index (χ2v) is 5.82. The second-order valence-electron chi connectivity index (χ2n) is 5.82. The van der Waals surface area contributed by atoms with Crippen LogP contribution in [0.15, 0.2) is 23.0 Å². The number of aromatic nitrogens is 1. The summed E-state index contributed by atoms with van der Waals surface area (Å²) in [5.41, 5.74) is 2.32. The molecular formula is C16H21N3O. The van der Waals surface area contributed by atoms with Gasteiger partial charge in [0.25, 0.3) is 5.56 Å². The number of rotatable bonds is 1. The van der Waals surface area contributed by atoms with Crippen molar-refractivity contribution < 1.29 is 0 Å². The number of nitrogens with one attached hydrogen (secondary N) is 1. The highest BCUT2D eigenvalue weighted by atomic mass is 16.1. The van der Waals surface area contributed by atoms with Crippen LogP contribution in [0.25, 0.3) is 10.8 Å². The molecule has 4 heteroatoms. The monoisotopic (exact) mass is 271 g/mol. The predicted molar refractivity (Wildman–Crippen MR) is 83.8 cm³/mol. The Balaban J connectivity index is 2.08. The van der Waals surface area contributed by atoms with Gasteiger partial charge in [-0.1, -0.05) is 11.6 Å². The summed E-state index contributed by atoms with van der Waals surface area (Å²) in [6.45, 7) is 8.09. The molecule has 0 unspecified atom stereocenters. The van der Waals surface area contributed by atoms with Gasteiger partial charge in [0, 0.05) is 31.6 Å². The number of pyridine rings is 1. The molecule has 0 spiro atoms.